The van der Waals surface area contributed by atoms with Crippen LogP contribution in [0.2, 0.25) is 0 Å². The van der Waals surface area contributed by atoms with E-state index in [1.54, 1.807) is 22.8 Å². The minimum absolute atomic E-state index is 0.0220. The molecule has 3 aliphatic rings. The maximum absolute atomic E-state index is 14.1. The largest absolute Gasteiger partial charge is 0.466 e. The summed E-state index contributed by atoms with van der Waals surface area (Å²) in [6, 6.07) is -1.40. The molecule has 1 spiro atoms. The molecule has 2 bridgehead atoms. The number of fused-ring (bicyclic) bond motifs is 1. The van der Waals surface area contributed by atoms with Crippen molar-refractivity contribution < 1.29 is 29.0 Å². The molecule has 8 heteroatoms. The van der Waals surface area contributed by atoms with Gasteiger partial charge in [0.2, 0.25) is 11.8 Å². The van der Waals surface area contributed by atoms with Gasteiger partial charge in [-0.3, -0.25) is 14.4 Å². The fourth-order valence-electron chi connectivity index (χ4n) is 6.02. The highest BCUT2D eigenvalue weighted by Crippen LogP contribution is 2.59. The van der Waals surface area contributed by atoms with Crippen molar-refractivity contribution in [3.63, 3.8) is 0 Å². The molecule has 0 aromatic rings. The second-order valence-electron chi connectivity index (χ2n) is 9.62. The number of aliphatic hydroxyl groups is 1. The van der Waals surface area contributed by atoms with E-state index in [1.165, 1.54) is 0 Å². The monoisotopic (exact) mass is 464 g/mol. The summed E-state index contributed by atoms with van der Waals surface area (Å²) in [4.78, 5) is 44.2. The highest BCUT2D eigenvalue weighted by Gasteiger charge is 2.75. The lowest BCUT2D eigenvalue weighted by atomic mass is 9.70. The molecule has 0 aliphatic carbocycles. The summed E-state index contributed by atoms with van der Waals surface area (Å²) in [6.07, 6.45) is 4.91. The predicted octanol–water partition coefficient (Wildman–Crippen LogP) is 2.15. The average molecular weight is 465 g/mol. The van der Waals surface area contributed by atoms with Crippen LogP contribution in [-0.2, 0) is 23.9 Å². The van der Waals surface area contributed by atoms with Gasteiger partial charge >= 0.3 is 5.97 Å². The predicted molar refractivity (Wildman–Crippen MR) is 123 cm³/mol. The Morgan fingerprint density at radius 2 is 2.12 bits per heavy atom. The quantitative estimate of drug-likeness (QED) is 0.351. The van der Waals surface area contributed by atoms with Gasteiger partial charge in [0.05, 0.1) is 37.2 Å². The number of hydrogen-bond acceptors (Lipinski definition) is 6. The lowest BCUT2D eigenvalue weighted by Gasteiger charge is -2.41. The Balaban J connectivity index is 2.08. The molecule has 3 saturated heterocycles. The number of unbranched alkanes of at least 4 members (excludes halogenated alkanes) is 1. The van der Waals surface area contributed by atoms with Gasteiger partial charge in [0, 0.05) is 13.1 Å². The molecule has 3 fully saturated rings. The second kappa shape index (κ2) is 10.6. The number of hydrogen-bond donors (Lipinski definition) is 1. The molecule has 3 rings (SSSR count). The Labute approximate surface area is 197 Å². The van der Waals surface area contributed by atoms with Gasteiger partial charge in [-0.05, 0) is 32.1 Å². The molecule has 8 nitrogen and oxygen atoms in total. The van der Waals surface area contributed by atoms with Gasteiger partial charge in [-0.15, -0.1) is 6.58 Å². The smallest absolute Gasteiger partial charge is 0.312 e. The first kappa shape index (κ1) is 25.7. The topological polar surface area (TPSA) is 96.4 Å². The summed E-state index contributed by atoms with van der Waals surface area (Å²) in [5.41, 5.74) is -1.07. The van der Waals surface area contributed by atoms with Crippen molar-refractivity contribution in [1.29, 1.82) is 0 Å². The zero-order chi connectivity index (χ0) is 24.3. The molecular formula is C25H40N2O6. The van der Waals surface area contributed by atoms with Crippen LogP contribution >= 0.6 is 0 Å². The summed E-state index contributed by atoms with van der Waals surface area (Å²) in [7, 11) is 0. The van der Waals surface area contributed by atoms with Crippen molar-refractivity contribution in [2.45, 2.75) is 83.6 Å². The fraction of sp³-hybridized carbons (Fsp3) is 0.800. The minimum Gasteiger partial charge on any atom is -0.466 e. The van der Waals surface area contributed by atoms with Crippen LogP contribution in [0.4, 0.5) is 0 Å². The molecule has 0 unspecified atom stereocenters. The van der Waals surface area contributed by atoms with E-state index >= 15 is 0 Å². The van der Waals surface area contributed by atoms with Gasteiger partial charge in [-0.25, -0.2) is 0 Å². The molecule has 3 heterocycles. The van der Waals surface area contributed by atoms with E-state index in [2.05, 4.69) is 13.5 Å². The number of carbonyl (C=O) groups is 3. The number of esters is 1. The number of carbonyl (C=O) groups excluding carboxylic acids is 3. The highest BCUT2D eigenvalue weighted by molar-refractivity contribution is 5.98. The maximum Gasteiger partial charge on any atom is 0.312 e. The lowest BCUT2D eigenvalue weighted by molar-refractivity contribution is -0.157. The van der Waals surface area contributed by atoms with Crippen LogP contribution in [0, 0.1) is 17.8 Å². The lowest BCUT2D eigenvalue weighted by Crippen LogP contribution is -2.59. The number of rotatable bonds is 12. The van der Waals surface area contributed by atoms with Gasteiger partial charge in [-0.1, -0.05) is 39.7 Å². The number of amides is 2. The molecular weight excluding hydrogens is 424 g/mol. The third-order valence-corrected chi connectivity index (χ3v) is 7.82. The van der Waals surface area contributed by atoms with Crippen LogP contribution in [-0.4, -0.2) is 82.8 Å². The van der Waals surface area contributed by atoms with Crippen LogP contribution in [0.3, 0.4) is 0 Å². The van der Waals surface area contributed by atoms with E-state index in [0.717, 1.165) is 19.3 Å². The summed E-state index contributed by atoms with van der Waals surface area (Å²) in [5.74, 6) is -2.40. The van der Waals surface area contributed by atoms with Crippen molar-refractivity contribution >= 4 is 17.8 Å². The van der Waals surface area contributed by atoms with Crippen molar-refractivity contribution in [2.75, 3.05) is 26.3 Å². The van der Waals surface area contributed by atoms with Gasteiger partial charge in [0.15, 0.2) is 0 Å². The summed E-state index contributed by atoms with van der Waals surface area (Å²) in [6.45, 7) is 12.5. The number of nitrogens with zero attached hydrogens (tertiary/aromatic N) is 2. The van der Waals surface area contributed by atoms with E-state index in [-0.39, 0.29) is 30.9 Å². The minimum atomic E-state index is -1.07. The van der Waals surface area contributed by atoms with E-state index in [9.17, 15) is 19.5 Å². The number of aliphatic hydroxyl groups excluding tert-OH is 1. The Hall–Kier alpha value is -1.93. The zero-order valence-corrected chi connectivity index (χ0v) is 20.5. The highest BCUT2D eigenvalue weighted by atomic mass is 16.6. The van der Waals surface area contributed by atoms with Crippen molar-refractivity contribution in [2.24, 2.45) is 17.8 Å². The Morgan fingerprint density at radius 1 is 1.39 bits per heavy atom. The molecule has 3 aliphatic heterocycles. The summed E-state index contributed by atoms with van der Waals surface area (Å²) >= 11 is 0. The first-order valence-corrected chi connectivity index (χ1v) is 12.5. The van der Waals surface area contributed by atoms with Gasteiger partial charge in [-0.2, -0.15) is 0 Å². The Kier molecular flexibility index (Phi) is 8.22. The molecule has 1 N–H and O–H groups in total. The van der Waals surface area contributed by atoms with Crippen LogP contribution in [0.15, 0.2) is 12.7 Å². The fourth-order valence-corrected chi connectivity index (χ4v) is 6.02. The van der Waals surface area contributed by atoms with Crippen molar-refractivity contribution in [1.82, 2.24) is 9.80 Å². The van der Waals surface area contributed by atoms with Crippen LogP contribution in [0.25, 0.3) is 0 Å². The standard InChI is InChI=1S/C25H40N2O6/c1-6-10-14-26(13-7-2)23(30)21-25-12-11-18(33-25)19(24(31)32-9-4)20(25)22(29)27(21)17(15-28)16(5)8-3/h7,16-21,28H,2,6,8-15H2,1,3-5H3/t16-,17-,18-,19+,20+,21-,25+/m0/s1. The van der Waals surface area contributed by atoms with E-state index in [4.69, 9.17) is 9.47 Å². The van der Waals surface area contributed by atoms with Gasteiger partial charge in [0.1, 0.15) is 11.6 Å². The van der Waals surface area contributed by atoms with Crippen molar-refractivity contribution in [3.8, 4) is 0 Å². The molecule has 7 atom stereocenters. The third-order valence-electron chi connectivity index (χ3n) is 7.82. The first-order chi connectivity index (χ1) is 15.8. The van der Waals surface area contributed by atoms with E-state index in [1.807, 2.05) is 13.8 Å². The van der Waals surface area contributed by atoms with Gasteiger partial charge < -0.3 is 24.4 Å². The maximum atomic E-state index is 14.1. The molecule has 186 valence electrons. The van der Waals surface area contributed by atoms with Crippen LogP contribution < -0.4 is 0 Å². The SMILES string of the molecule is C=CCN(CCCC)C(=O)[C@@H]1N([C@@H](CO)[C@@H](C)CC)C(=O)[C@H]2[C@H](C(=O)OCC)[C@@H]3CC[C@]12O3. The second-order valence-corrected chi connectivity index (χ2v) is 9.62. The van der Waals surface area contributed by atoms with Crippen LogP contribution in [0.5, 0.6) is 0 Å². The van der Waals surface area contributed by atoms with E-state index < -0.39 is 41.6 Å². The molecule has 0 aromatic carbocycles. The zero-order valence-electron chi connectivity index (χ0n) is 20.5. The summed E-state index contributed by atoms with van der Waals surface area (Å²) in [5, 5.41) is 10.3. The normalized spacial score (nSPS) is 31.9. The molecule has 33 heavy (non-hydrogen) atoms. The van der Waals surface area contributed by atoms with Gasteiger partial charge in [0.25, 0.3) is 0 Å². The van der Waals surface area contributed by atoms with Crippen LogP contribution in [0.1, 0.15) is 59.8 Å². The molecule has 0 saturated carbocycles. The van der Waals surface area contributed by atoms with E-state index in [0.29, 0.717) is 25.9 Å². The Morgan fingerprint density at radius 3 is 2.70 bits per heavy atom. The average Bonchev–Trinajstić information content (AvgIpc) is 3.44. The first-order valence-electron chi connectivity index (χ1n) is 12.5. The number of ether oxygens (including phenoxy) is 2. The molecule has 0 aromatic heterocycles. The summed E-state index contributed by atoms with van der Waals surface area (Å²) < 4.78 is 11.7. The molecule has 0 radical (unpaired) electrons. The van der Waals surface area contributed by atoms with Crippen molar-refractivity contribution in [3.05, 3.63) is 12.7 Å². The molecule has 2 amide bonds. The third kappa shape index (κ3) is 4.20. The Bertz CT molecular complexity index is 757. The number of likely N-dealkylation sites (tertiary alicyclic amines) is 1.